The van der Waals surface area contributed by atoms with E-state index in [9.17, 15) is 42.6 Å². The number of halogens is 4. The molecule has 0 radical (unpaired) electrons. The van der Waals surface area contributed by atoms with Gasteiger partial charge >= 0.3 is 24.0 Å². The third kappa shape index (κ3) is 12.5. The van der Waals surface area contributed by atoms with Crippen LogP contribution in [-0.4, -0.2) is 59.5 Å². The van der Waals surface area contributed by atoms with E-state index in [-0.39, 0.29) is 37.4 Å². The van der Waals surface area contributed by atoms with E-state index in [1.165, 1.54) is 6.07 Å². The predicted molar refractivity (Wildman–Crippen MR) is 189 cm³/mol. The highest BCUT2D eigenvalue weighted by atomic mass is 79.9. The molecule has 6 N–H and O–H groups in total. The van der Waals surface area contributed by atoms with Crippen LogP contribution in [0, 0.1) is 17.5 Å². The van der Waals surface area contributed by atoms with Crippen LogP contribution in [0.25, 0.3) is 0 Å². The van der Waals surface area contributed by atoms with Crippen LogP contribution in [0.5, 0.6) is 11.5 Å². The molecule has 0 aliphatic heterocycles. The minimum atomic E-state index is -1.48. The number of esters is 2. The Morgan fingerprint density at radius 1 is 0.654 bits per heavy atom. The van der Waals surface area contributed by atoms with Crippen LogP contribution in [-0.2, 0) is 31.9 Å². The fourth-order valence-electron chi connectivity index (χ4n) is 4.51. The average Bonchev–Trinajstić information content (AvgIpc) is 3.11. The zero-order chi connectivity index (χ0) is 38.2. The topological polar surface area (TPSA) is 175 Å². The Hall–Kier alpha value is -5.77. The van der Waals surface area contributed by atoms with Gasteiger partial charge in [-0.1, -0.05) is 76.6 Å². The Balaban J connectivity index is 0.000000280. The highest BCUT2D eigenvalue weighted by Gasteiger charge is 2.25. The second-order valence-corrected chi connectivity index (χ2v) is 11.6. The van der Waals surface area contributed by atoms with Crippen LogP contribution in [0.15, 0.2) is 89.4 Å². The Labute approximate surface area is 305 Å². The fraction of sp³-hybridized carbons (Fsp3) is 0.222. The molecule has 0 bridgehead atoms. The number of nitrogens with one attached hydrogen (secondary N) is 4. The number of rotatable bonds is 12. The molecule has 0 spiro atoms. The van der Waals surface area contributed by atoms with Crippen LogP contribution in [0.2, 0.25) is 0 Å². The quantitative estimate of drug-likeness (QED) is 0.0692. The number of aromatic hydroxyl groups is 2. The van der Waals surface area contributed by atoms with E-state index in [1.54, 1.807) is 38.1 Å². The monoisotopic (exact) mass is 788 g/mol. The molecule has 2 unspecified atom stereocenters. The van der Waals surface area contributed by atoms with E-state index in [4.69, 9.17) is 9.47 Å². The number of anilines is 2. The summed E-state index contributed by atoms with van der Waals surface area (Å²) < 4.78 is 50.2. The third-order valence-corrected chi connectivity index (χ3v) is 7.37. The van der Waals surface area contributed by atoms with Crippen molar-refractivity contribution in [1.82, 2.24) is 10.6 Å². The molecule has 4 aromatic carbocycles. The van der Waals surface area contributed by atoms with Crippen molar-refractivity contribution in [2.24, 2.45) is 0 Å². The molecule has 16 heteroatoms. The molecule has 0 aliphatic carbocycles. The summed E-state index contributed by atoms with van der Waals surface area (Å²) >= 11 is 3.08. The number of urea groups is 2. The first-order chi connectivity index (χ1) is 24.8. The molecule has 0 fully saturated rings. The standard InChI is InChI=1S/C18H18BrFN2O4.C18H18F2N2O4/c1-2-26-17(24)15(8-11-6-4-3-5-7-11)22-18(25)21-14-10-12(19)9-13(20)16(14)23;1-2-26-17(24)14(10-11-6-4-3-5-7-11)22-18(25)21-13-9-8-12(19)15(20)16(13)23/h3-7,9-10,15,23H,2,8H2,1H3,(H2,21,22,25);3-9,14,23H,2,10H2,1H3,(H2,21,22,25). The van der Waals surface area contributed by atoms with Crippen molar-refractivity contribution < 1.29 is 52.0 Å². The number of carbonyl (C=O) groups is 4. The summed E-state index contributed by atoms with van der Waals surface area (Å²) in [4.78, 5) is 48.5. The van der Waals surface area contributed by atoms with Crippen LogP contribution in [0.3, 0.4) is 0 Å². The molecule has 0 heterocycles. The highest BCUT2D eigenvalue weighted by Crippen LogP contribution is 2.30. The normalized spacial score (nSPS) is 11.5. The highest BCUT2D eigenvalue weighted by molar-refractivity contribution is 9.10. The van der Waals surface area contributed by atoms with Crippen molar-refractivity contribution in [1.29, 1.82) is 0 Å². The maximum absolute atomic E-state index is 13.5. The largest absolute Gasteiger partial charge is 0.503 e. The Bertz CT molecular complexity index is 1840. The second kappa shape index (κ2) is 20.2. The summed E-state index contributed by atoms with van der Waals surface area (Å²) in [6, 6.07) is 18.7. The Morgan fingerprint density at radius 3 is 1.58 bits per heavy atom. The minimum Gasteiger partial charge on any atom is -0.503 e. The summed E-state index contributed by atoms with van der Waals surface area (Å²) in [6.45, 7) is 3.61. The third-order valence-electron chi connectivity index (χ3n) is 6.91. The van der Waals surface area contributed by atoms with Crippen LogP contribution < -0.4 is 21.3 Å². The van der Waals surface area contributed by atoms with Gasteiger partial charge in [0.15, 0.2) is 23.1 Å². The molecule has 2 atom stereocenters. The molecule has 0 saturated carbocycles. The average molecular weight is 790 g/mol. The smallest absolute Gasteiger partial charge is 0.329 e. The van der Waals surface area contributed by atoms with E-state index < -0.39 is 65.0 Å². The lowest BCUT2D eigenvalue weighted by molar-refractivity contribution is -0.146. The maximum atomic E-state index is 13.5. The lowest BCUT2D eigenvalue weighted by Crippen LogP contribution is -2.45. The number of phenols is 2. The first-order valence-corrected chi connectivity index (χ1v) is 16.5. The first-order valence-electron chi connectivity index (χ1n) is 15.7. The summed E-state index contributed by atoms with van der Waals surface area (Å²) in [6.07, 6.45) is 0.406. The molecule has 52 heavy (non-hydrogen) atoms. The zero-order valence-corrected chi connectivity index (χ0v) is 29.5. The number of carbonyl (C=O) groups excluding carboxylic acids is 4. The van der Waals surface area contributed by atoms with Crippen molar-refractivity contribution in [2.45, 2.75) is 38.8 Å². The van der Waals surface area contributed by atoms with Gasteiger partial charge in [-0.25, -0.2) is 28.0 Å². The van der Waals surface area contributed by atoms with Crippen molar-refractivity contribution in [3.05, 3.63) is 118 Å². The van der Waals surface area contributed by atoms with Crippen molar-refractivity contribution in [3.63, 3.8) is 0 Å². The summed E-state index contributed by atoms with van der Waals surface area (Å²) in [7, 11) is 0. The molecule has 276 valence electrons. The lowest BCUT2D eigenvalue weighted by Gasteiger charge is -2.18. The number of amides is 4. The van der Waals surface area contributed by atoms with Gasteiger partial charge < -0.3 is 41.0 Å². The number of benzene rings is 4. The molecule has 12 nitrogen and oxygen atoms in total. The minimum absolute atomic E-state index is 0.128. The van der Waals surface area contributed by atoms with E-state index in [0.29, 0.717) is 4.47 Å². The van der Waals surface area contributed by atoms with Gasteiger partial charge in [0.2, 0.25) is 5.82 Å². The number of phenolic OH excluding ortho intramolecular Hbond substituents is 2. The second-order valence-electron chi connectivity index (χ2n) is 10.7. The van der Waals surface area contributed by atoms with Crippen LogP contribution >= 0.6 is 15.9 Å². The van der Waals surface area contributed by atoms with E-state index in [2.05, 4.69) is 37.2 Å². The Kier molecular flexibility index (Phi) is 15.8. The van der Waals surface area contributed by atoms with E-state index in [0.717, 1.165) is 29.3 Å². The van der Waals surface area contributed by atoms with Gasteiger partial charge in [-0.3, -0.25) is 0 Å². The van der Waals surface area contributed by atoms with Crippen molar-refractivity contribution >= 4 is 51.3 Å². The summed E-state index contributed by atoms with van der Waals surface area (Å²) in [5.41, 5.74) is 1.17. The molecule has 0 aliphatic rings. The predicted octanol–water partition coefficient (Wildman–Crippen LogP) is 6.56. The number of hydrogen-bond acceptors (Lipinski definition) is 8. The van der Waals surface area contributed by atoms with Gasteiger partial charge in [-0.15, -0.1) is 0 Å². The lowest BCUT2D eigenvalue weighted by atomic mass is 10.1. The molecule has 4 rings (SSSR count). The van der Waals surface area contributed by atoms with Gasteiger partial charge in [-0.05, 0) is 49.2 Å². The van der Waals surface area contributed by atoms with Gasteiger partial charge in [0.1, 0.15) is 12.1 Å². The molecule has 0 aromatic heterocycles. The van der Waals surface area contributed by atoms with Crippen molar-refractivity contribution in [2.75, 3.05) is 23.8 Å². The number of ether oxygens (including phenoxy) is 2. The molecule has 4 amide bonds. The van der Waals surface area contributed by atoms with Gasteiger partial charge in [0.25, 0.3) is 0 Å². The molecule has 0 saturated heterocycles. The van der Waals surface area contributed by atoms with Gasteiger partial charge in [-0.2, -0.15) is 4.39 Å². The van der Waals surface area contributed by atoms with Crippen molar-refractivity contribution in [3.8, 4) is 11.5 Å². The fourth-order valence-corrected chi connectivity index (χ4v) is 4.94. The SMILES string of the molecule is CCOC(=O)C(Cc1ccccc1)NC(=O)Nc1cc(Br)cc(F)c1O.CCOC(=O)C(Cc1ccccc1)NC(=O)Nc1ccc(F)c(F)c1O. The first kappa shape index (κ1) is 40.7. The van der Waals surface area contributed by atoms with E-state index >= 15 is 0 Å². The molecular weight excluding hydrogens is 753 g/mol. The van der Waals surface area contributed by atoms with Gasteiger partial charge in [0, 0.05) is 17.3 Å². The van der Waals surface area contributed by atoms with E-state index in [1.807, 2.05) is 36.4 Å². The molecule has 4 aromatic rings. The summed E-state index contributed by atoms with van der Waals surface area (Å²) in [5, 5.41) is 28.6. The number of hydrogen-bond donors (Lipinski definition) is 6. The van der Waals surface area contributed by atoms with Crippen LogP contribution in [0.1, 0.15) is 25.0 Å². The zero-order valence-electron chi connectivity index (χ0n) is 27.9. The van der Waals surface area contributed by atoms with Gasteiger partial charge in [0.05, 0.1) is 24.6 Å². The summed E-state index contributed by atoms with van der Waals surface area (Å²) in [5.74, 6) is -6.57. The molecular formula is C36H36BrF3N4O8. The Morgan fingerprint density at radius 2 is 1.12 bits per heavy atom. The van der Waals surface area contributed by atoms with Crippen LogP contribution in [0.4, 0.5) is 34.1 Å². The maximum Gasteiger partial charge on any atom is 0.329 e.